The minimum absolute atomic E-state index is 0. The second kappa shape index (κ2) is 5.53. The Morgan fingerprint density at radius 2 is 2.21 bits per heavy atom. The first-order valence-corrected chi connectivity index (χ1v) is 6.48. The summed E-state index contributed by atoms with van der Waals surface area (Å²) >= 11 is 5.88. The molecule has 3 heterocycles. The lowest BCUT2D eigenvalue weighted by molar-refractivity contribution is 0.233. The summed E-state index contributed by atoms with van der Waals surface area (Å²) in [5.41, 5.74) is 0.941. The van der Waals surface area contributed by atoms with Crippen LogP contribution in [0, 0.1) is 0 Å². The quantitative estimate of drug-likeness (QED) is 0.820. The van der Waals surface area contributed by atoms with E-state index in [1.165, 1.54) is 0 Å². The van der Waals surface area contributed by atoms with Crippen molar-refractivity contribution >= 4 is 40.7 Å². The largest absolute Gasteiger partial charge is 0.352 e. The maximum absolute atomic E-state index is 5.88. The molecular formula is C12H17Cl2N5. The lowest BCUT2D eigenvalue weighted by Crippen LogP contribution is -2.50. The maximum atomic E-state index is 5.88. The van der Waals surface area contributed by atoms with Gasteiger partial charge in [-0.25, -0.2) is 4.98 Å². The van der Waals surface area contributed by atoms with Gasteiger partial charge in [0.05, 0.1) is 10.9 Å². The lowest BCUT2D eigenvalue weighted by atomic mass is 10.2. The maximum Gasteiger partial charge on any atom is 0.159 e. The molecule has 1 fully saturated rings. The van der Waals surface area contributed by atoms with Gasteiger partial charge >= 0.3 is 0 Å². The van der Waals surface area contributed by atoms with Crippen LogP contribution in [0.5, 0.6) is 0 Å². The van der Waals surface area contributed by atoms with E-state index in [-0.39, 0.29) is 12.4 Å². The van der Waals surface area contributed by atoms with E-state index in [1.54, 1.807) is 6.20 Å². The van der Waals surface area contributed by atoms with Crippen LogP contribution < -0.4 is 4.90 Å². The molecule has 104 valence electrons. The zero-order chi connectivity index (χ0) is 12.7. The zero-order valence-corrected chi connectivity index (χ0v) is 12.5. The number of H-pyrrole nitrogens is 1. The standard InChI is InChI=1S/C12H16ClN5.ClH/c1-8-7-18(4-3-17(8)2)12-9-6-14-11(13)5-10(9)15-16-12;/h5-6,8H,3-4,7H2,1-2H3,(H,15,16);1H. The van der Waals surface area contributed by atoms with Crippen molar-refractivity contribution < 1.29 is 0 Å². The Labute approximate surface area is 123 Å². The van der Waals surface area contributed by atoms with Crippen LogP contribution in [0.2, 0.25) is 5.15 Å². The van der Waals surface area contributed by atoms with E-state index in [9.17, 15) is 0 Å². The molecule has 1 unspecified atom stereocenters. The molecule has 0 saturated carbocycles. The molecule has 2 aromatic rings. The van der Waals surface area contributed by atoms with Crippen molar-refractivity contribution in [1.82, 2.24) is 20.1 Å². The number of halogens is 2. The number of aromatic amines is 1. The van der Waals surface area contributed by atoms with Crippen LogP contribution >= 0.6 is 24.0 Å². The first-order valence-electron chi connectivity index (χ1n) is 6.10. The van der Waals surface area contributed by atoms with Gasteiger partial charge in [-0.05, 0) is 14.0 Å². The first kappa shape index (κ1) is 14.4. The van der Waals surface area contributed by atoms with Crippen LogP contribution in [-0.2, 0) is 0 Å². The molecule has 0 amide bonds. The van der Waals surface area contributed by atoms with E-state index in [2.05, 4.69) is 39.0 Å². The second-order valence-corrected chi connectivity index (χ2v) is 5.26. The molecule has 1 saturated heterocycles. The summed E-state index contributed by atoms with van der Waals surface area (Å²) in [4.78, 5) is 8.80. The molecule has 1 aliphatic rings. The van der Waals surface area contributed by atoms with Gasteiger partial charge < -0.3 is 9.80 Å². The van der Waals surface area contributed by atoms with Crippen LogP contribution in [0.1, 0.15) is 6.92 Å². The highest BCUT2D eigenvalue weighted by Crippen LogP contribution is 2.26. The minimum atomic E-state index is 0. The number of aromatic nitrogens is 3. The molecule has 1 N–H and O–H groups in total. The van der Waals surface area contributed by atoms with E-state index < -0.39 is 0 Å². The molecule has 0 spiro atoms. The van der Waals surface area contributed by atoms with Crippen molar-refractivity contribution in [3.63, 3.8) is 0 Å². The molecule has 3 rings (SSSR count). The zero-order valence-electron chi connectivity index (χ0n) is 10.9. The summed E-state index contributed by atoms with van der Waals surface area (Å²) in [7, 11) is 2.16. The third-order valence-corrected chi connectivity index (χ3v) is 3.86. The van der Waals surface area contributed by atoms with Crippen molar-refractivity contribution in [2.45, 2.75) is 13.0 Å². The van der Waals surface area contributed by atoms with Crippen LogP contribution in [0.25, 0.3) is 10.9 Å². The number of nitrogens with one attached hydrogen (secondary N) is 1. The smallest absolute Gasteiger partial charge is 0.159 e. The monoisotopic (exact) mass is 301 g/mol. The van der Waals surface area contributed by atoms with Crippen LogP contribution in [0.4, 0.5) is 5.82 Å². The Morgan fingerprint density at radius 3 is 2.95 bits per heavy atom. The average molecular weight is 302 g/mol. The van der Waals surface area contributed by atoms with Gasteiger partial charge in [0, 0.05) is 37.9 Å². The van der Waals surface area contributed by atoms with Gasteiger partial charge in [0.25, 0.3) is 0 Å². The Morgan fingerprint density at radius 1 is 1.42 bits per heavy atom. The summed E-state index contributed by atoms with van der Waals surface area (Å²) in [5.74, 6) is 0.981. The number of nitrogens with zero attached hydrogens (tertiary/aromatic N) is 4. The summed E-state index contributed by atoms with van der Waals surface area (Å²) in [6.45, 7) is 5.26. The number of hydrogen-bond acceptors (Lipinski definition) is 4. The minimum Gasteiger partial charge on any atom is -0.352 e. The van der Waals surface area contributed by atoms with Crippen molar-refractivity contribution in [1.29, 1.82) is 0 Å². The van der Waals surface area contributed by atoms with Gasteiger partial charge in [-0.2, -0.15) is 5.10 Å². The topological polar surface area (TPSA) is 48.1 Å². The first-order chi connectivity index (χ1) is 8.65. The van der Waals surface area contributed by atoms with Gasteiger partial charge in [-0.1, -0.05) is 11.6 Å². The van der Waals surface area contributed by atoms with E-state index in [4.69, 9.17) is 11.6 Å². The number of rotatable bonds is 1. The number of likely N-dealkylation sites (N-methyl/N-ethyl adjacent to an activating group) is 1. The van der Waals surface area contributed by atoms with Crippen LogP contribution in [-0.4, -0.2) is 52.8 Å². The normalized spacial score (nSPS) is 20.6. The van der Waals surface area contributed by atoms with E-state index in [0.29, 0.717) is 11.2 Å². The van der Waals surface area contributed by atoms with Crippen molar-refractivity contribution in [2.24, 2.45) is 0 Å². The fourth-order valence-corrected chi connectivity index (χ4v) is 2.51. The number of anilines is 1. The molecule has 0 aromatic carbocycles. The third kappa shape index (κ3) is 2.63. The summed E-state index contributed by atoms with van der Waals surface area (Å²) in [5, 5.41) is 8.95. The third-order valence-electron chi connectivity index (χ3n) is 3.65. The second-order valence-electron chi connectivity index (χ2n) is 4.88. The predicted molar refractivity (Wildman–Crippen MR) is 80.5 cm³/mol. The molecular weight excluding hydrogens is 285 g/mol. The molecule has 2 aromatic heterocycles. The molecule has 0 radical (unpaired) electrons. The van der Waals surface area contributed by atoms with Crippen molar-refractivity contribution in [3.05, 3.63) is 17.4 Å². The molecule has 1 aliphatic heterocycles. The lowest BCUT2D eigenvalue weighted by Gasteiger charge is -2.37. The highest BCUT2D eigenvalue weighted by atomic mass is 35.5. The van der Waals surface area contributed by atoms with E-state index >= 15 is 0 Å². The average Bonchev–Trinajstić information content (AvgIpc) is 2.75. The molecule has 19 heavy (non-hydrogen) atoms. The number of pyridine rings is 1. The summed E-state index contributed by atoms with van der Waals surface area (Å²) in [6.07, 6.45) is 1.79. The Balaban J connectivity index is 0.00000133. The Bertz CT molecular complexity index is 570. The Hall–Kier alpha value is -1.04. The van der Waals surface area contributed by atoms with Gasteiger partial charge in [-0.3, -0.25) is 5.10 Å². The molecule has 1 atom stereocenters. The Kier molecular flexibility index (Phi) is 4.18. The molecule has 0 aliphatic carbocycles. The van der Waals surface area contributed by atoms with Gasteiger partial charge in [0.1, 0.15) is 5.15 Å². The predicted octanol–water partition coefficient (Wildman–Crippen LogP) is 2.17. The highest BCUT2D eigenvalue weighted by molar-refractivity contribution is 6.30. The summed E-state index contributed by atoms with van der Waals surface area (Å²) in [6, 6.07) is 2.35. The van der Waals surface area contributed by atoms with Gasteiger partial charge in [0.2, 0.25) is 0 Å². The fourth-order valence-electron chi connectivity index (χ4n) is 2.36. The van der Waals surface area contributed by atoms with E-state index in [1.807, 2.05) is 6.07 Å². The fraction of sp³-hybridized carbons (Fsp3) is 0.500. The molecule has 5 nitrogen and oxygen atoms in total. The van der Waals surface area contributed by atoms with Gasteiger partial charge in [0.15, 0.2) is 5.82 Å². The van der Waals surface area contributed by atoms with Crippen LogP contribution in [0.3, 0.4) is 0 Å². The van der Waals surface area contributed by atoms with Crippen LogP contribution in [0.15, 0.2) is 12.3 Å². The SMILES string of the molecule is CC1CN(c2n[nH]c3cc(Cl)ncc23)CCN1C.Cl. The van der Waals surface area contributed by atoms with Gasteiger partial charge in [-0.15, -0.1) is 12.4 Å². The molecule has 7 heteroatoms. The number of fused-ring (bicyclic) bond motifs is 1. The van der Waals surface area contributed by atoms with Crippen molar-refractivity contribution in [3.8, 4) is 0 Å². The number of hydrogen-bond donors (Lipinski definition) is 1. The highest BCUT2D eigenvalue weighted by Gasteiger charge is 2.23. The number of piperazine rings is 1. The van der Waals surface area contributed by atoms with E-state index in [0.717, 1.165) is 36.4 Å². The molecule has 0 bridgehead atoms. The van der Waals surface area contributed by atoms with Crippen molar-refractivity contribution in [2.75, 3.05) is 31.6 Å². The summed E-state index contributed by atoms with van der Waals surface area (Å²) < 4.78 is 0.